The van der Waals surface area contributed by atoms with Crippen LogP contribution >= 0.6 is 22.6 Å². The Balaban J connectivity index is 1.83. The number of fused-ring (bicyclic) bond motifs is 1. The van der Waals surface area contributed by atoms with E-state index in [1.807, 2.05) is 11.8 Å². The quantitative estimate of drug-likeness (QED) is 0.718. The average Bonchev–Trinajstić information content (AvgIpc) is 3.09. The standard InChI is InChI=1S/C14H19IN4O3/c1-7-5-8-3-4-9(12-16-6-10(15)17-12)19(8)13(20)11(7)18-14(21)22-2/h6-9,11H,3-5H2,1-2H3,(H,16,17)(H,18,21)/t7?,8-,9+,11+/m1/s1. The van der Waals surface area contributed by atoms with Gasteiger partial charge in [0.2, 0.25) is 5.91 Å². The van der Waals surface area contributed by atoms with Gasteiger partial charge < -0.3 is 19.9 Å². The van der Waals surface area contributed by atoms with E-state index in [4.69, 9.17) is 0 Å². The van der Waals surface area contributed by atoms with Crippen molar-refractivity contribution in [1.29, 1.82) is 0 Å². The second kappa shape index (κ2) is 6.05. The summed E-state index contributed by atoms with van der Waals surface area (Å²) in [5.74, 6) is 0.887. The summed E-state index contributed by atoms with van der Waals surface area (Å²) in [4.78, 5) is 33.9. The Morgan fingerprint density at radius 1 is 1.55 bits per heavy atom. The van der Waals surface area contributed by atoms with Crippen molar-refractivity contribution < 1.29 is 14.3 Å². The molecule has 0 aliphatic carbocycles. The minimum Gasteiger partial charge on any atom is -0.453 e. The Morgan fingerprint density at radius 3 is 2.95 bits per heavy atom. The molecule has 0 bridgehead atoms. The lowest BCUT2D eigenvalue weighted by molar-refractivity contribution is -0.142. The van der Waals surface area contributed by atoms with Crippen molar-refractivity contribution in [2.45, 2.75) is 44.3 Å². The number of nitrogens with one attached hydrogen (secondary N) is 2. The number of ether oxygens (including phenoxy) is 1. The van der Waals surface area contributed by atoms with Crippen LogP contribution in [0.1, 0.15) is 38.1 Å². The number of imidazole rings is 1. The first-order valence-electron chi connectivity index (χ1n) is 7.38. The lowest BCUT2D eigenvalue weighted by atomic mass is 9.88. The number of rotatable bonds is 2. The Kier molecular flexibility index (Phi) is 4.28. The Morgan fingerprint density at radius 2 is 2.32 bits per heavy atom. The van der Waals surface area contributed by atoms with E-state index in [0.717, 1.165) is 28.8 Å². The summed E-state index contributed by atoms with van der Waals surface area (Å²) in [6.07, 6.45) is 3.96. The number of amides is 2. The van der Waals surface area contributed by atoms with E-state index in [-0.39, 0.29) is 23.9 Å². The maximum Gasteiger partial charge on any atom is 0.407 e. The van der Waals surface area contributed by atoms with Crippen LogP contribution in [0.5, 0.6) is 0 Å². The summed E-state index contributed by atoms with van der Waals surface area (Å²) in [5, 5.41) is 2.67. The number of carbonyl (C=O) groups excluding carboxylic acids is 2. The van der Waals surface area contributed by atoms with Crippen LogP contribution in [0.15, 0.2) is 6.20 Å². The van der Waals surface area contributed by atoms with Crippen molar-refractivity contribution in [3.05, 3.63) is 15.7 Å². The Bertz CT molecular complexity index is 590. The number of carbonyl (C=O) groups is 2. The van der Waals surface area contributed by atoms with Gasteiger partial charge in [0.25, 0.3) is 0 Å². The fourth-order valence-corrected chi connectivity index (χ4v) is 3.97. The van der Waals surface area contributed by atoms with Crippen LogP contribution in [0, 0.1) is 9.62 Å². The minimum atomic E-state index is -0.563. The molecule has 3 rings (SSSR count). The van der Waals surface area contributed by atoms with E-state index in [1.165, 1.54) is 7.11 Å². The molecule has 2 amide bonds. The van der Waals surface area contributed by atoms with Crippen LogP contribution in [-0.2, 0) is 9.53 Å². The molecule has 2 aliphatic rings. The predicted molar refractivity (Wildman–Crippen MR) is 87.0 cm³/mol. The molecular weight excluding hydrogens is 399 g/mol. The van der Waals surface area contributed by atoms with E-state index < -0.39 is 12.1 Å². The summed E-state index contributed by atoms with van der Waals surface area (Å²) in [6.45, 7) is 2.00. The summed E-state index contributed by atoms with van der Waals surface area (Å²) in [5.41, 5.74) is 0. The van der Waals surface area contributed by atoms with E-state index in [2.05, 4.69) is 42.6 Å². The van der Waals surface area contributed by atoms with Gasteiger partial charge in [-0.05, 0) is 47.8 Å². The zero-order chi connectivity index (χ0) is 15.9. The molecule has 7 nitrogen and oxygen atoms in total. The fraction of sp³-hybridized carbons (Fsp3) is 0.643. The van der Waals surface area contributed by atoms with Gasteiger partial charge in [-0.3, -0.25) is 4.79 Å². The largest absolute Gasteiger partial charge is 0.453 e. The molecule has 120 valence electrons. The molecule has 3 heterocycles. The minimum absolute atomic E-state index is 0.0320. The zero-order valence-corrected chi connectivity index (χ0v) is 14.7. The molecule has 22 heavy (non-hydrogen) atoms. The molecule has 0 radical (unpaired) electrons. The normalized spacial score (nSPS) is 31.0. The SMILES string of the molecule is COC(=O)N[C@@H]1C(=O)N2[C@H](CC[C@H]2c2ncc(I)[nH]2)CC1C. The monoisotopic (exact) mass is 418 g/mol. The van der Waals surface area contributed by atoms with Crippen LogP contribution < -0.4 is 5.32 Å². The van der Waals surface area contributed by atoms with Crippen LogP contribution in [0.4, 0.5) is 4.79 Å². The highest BCUT2D eigenvalue weighted by Crippen LogP contribution is 2.41. The lowest BCUT2D eigenvalue weighted by Crippen LogP contribution is -2.58. The van der Waals surface area contributed by atoms with E-state index in [0.29, 0.717) is 0 Å². The van der Waals surface area contributed by atoms with Gasteiger partial charge in [-0.15, -0.1) is 0 Å². The van der Waals surface area contributed by atoms with Crippen LogP contribution in [0.3, 0.4) is 0 Å². The van der Waals surface area contributed by atoms with Crippen molar-refractivity contribution in [3.8, 4) is 0 Å². The Labute approximate surface area is 142 Å². The van der Waals surface area contributed by atoms with Crippen LogP contribution in [0.25, 0.3) is 0 Å². The third kappa shape index (κ3) is 2.68. The number of aromatic nitrogens is 2. The van der Waals surface area contributed by atoms with Crippen molar-refractivity contribution in [1.82, 2.24) is 20.2 Å². The van der Waals surface area contributed by atoms with Gasteiger partial charge in [0.15, 0.2) is 0 Å². The van der Waals surface area contributed by atoms with Crippen LogP contribution in [0.2, 0.25) is 0 Å². The van der Waals surface area contributed by atoms with Crippen molar-refractivity contribution in [3.63, 3.8) is 0 Å². The second-order valence-corrected chi connectivity index (χ2v) is 7.10. The molecule has 2 fully saturated rings. The molecule has 2 aliphatic heterocycles. The summed E-state index contributed by atoms with van der Waals surface area (Å²) in [7, 11) is 1.31. The first kappa shape index (κ1) is 15.6. The Hall–Kier alpha value is -1.32. The highest BCUT2D eigenvalue weighted by atomic mass is 127. The third-order valence-corrected chi connectivity index (χ3v) is 5.12. The maximum absolute atomic E-state index is 12.9. The van der Waals surface area contributed by atoms with E-state index in [1.54, 1.807) is 6.20 Å². The van der Waals surface area contributed by atoms with Crippen molar-refractivity contribution in [2.24, 2.45) is 5.92 Å². The van der Waals surface area contributed by atoms with Gasteiger partial charge in [-0.25, -0.2) is 9.78 Å². The number of alkyl carbamates (subject to hydrolysis) is 1. The highest BCUT2D eigenvalue weighted by molar-refractivity contribution is 14.1. The van der Waals surface area contributed by atoms with Gasteiger partial charge >= 0.3 is 6.09 Å². The van der Waals surface area contributed by atoms with Gasteiger partial charge in [0.1, 0.15) is 11.9 Å². The molecule has 1 aromatic heterocycles. The average molecular weight is 418 g/mol. The smallest absolute Gasteiger partial charge is 0.407 e. The predicted octanol–water partition coefficient (Wildman–Crippen LogP) is 1.81. The summed E-state index contributed by atoms with van der Waals surface area (Å²) in [6, 6.07) is -0.334. The number of hydrogen-bond donors (Lipinski definition) is 2. The number of piperidine rings is 1. The molecule has 2 N–H and O–H groups in total. The van der Waals surface area contributed by atoms with Crippen molar-refractivity contribution in [2.75, 3.05) is 7.11 Å². The molecule has 4 atom stereocenters. The number of halogens is 1. The number of H-pyrrole nitrogens is 1. The number of aromatic amines is 1. The van der Waals surface area contributed by atoms with Crippen molar-refractivity contribution >= 4 is 34.6 Å². The first-order chi connectivity index (χ1) is 10.5. The molecule has 0 spiro atoms. The number of nitrogens with zero attached hydrogens (tertiary/aromatic N) is 2. The maximum atomic E-state index is 12.9. The third-order valence-electron chi connectivity index (χ3n) is 4.57. The molecule has 0 aromatic carbocycles. The number of hydrogen-bond acceptors (Lipinski definition) is 4. The van der Waals surface area contributed by atoms with Gasteiger partial charge in [0, 0.05) is 6.04 Å². The van der Waals surface area contributed by atoms with Gasteiger partial charge in [0.05, 0.1) is 23.0 Å². The molecule has 2 saturated heterocycles. The molecule has 1 aromatic rings. The molecule has 0 saturated carbocycles. The van der Waals surface area contributed by atoms with E-state index in [9.17, 15) is 9.59 Å². The molecule has 8 heteroatoms. The second-order valence-electron chi connectivity index (χ2n) is 5.94. The van der Waals surface area contributed by atoms with Gasteiger partial charge in [-0.1, -0.05) is 6.92 Å². The number of methoxy groups -OCH3 is 1. The molecule has 1 unspecified atom stereocenters. The molecular formula is C14H19IN4O3. The fourth-order valence-electron chi connectivity index (χ4n) is 3.56. The van der Waals surface area contributed by atoms with Crippen LogP contribution in [-0.4, -0.2) is 46.1 Å². The first-order valence-corrected chi connectivity index (χ1v) is 8.46. The summed E-state index contributed by atoms with van der Waals surface area (Å²) < 4.78 is 5.59. The van der Waals surface area contributed by atoms with E-state index >= 15 is 0 Å². The lowest BCUT2D eigenvalue weighted by Gasteiger charge is -2.41. The zero-order valence-electron chi connectivity index (χ0n) is 12.5. The highest BCUT2D eigenvalue weighted by Gasteiger charge is 2.48. The summed E-state index contributed by atoms with van der Waals surface area (Å²) >= 11 is 2.17. The topological polar surface area (TPSA) is 87.3 Å². The van der Waals surface area contributed by atoms with Gasteiger partial charge in [-0.2, -0.15) is 0 Å².